The SMILES string of the molecule is COc1ccc(C2=NN(C(=O)C(C)c3ccccc3)CC2)cc1OC. The van der Waals surface area contributed by atoms with E-state index in [9.17, 15) is 4.79 Å². The quantitative estimate of drug-likeness (QED) is 0.839. The normalized spacial score (nSPS) is 14.8. The maximum atomic E-state index is 12.7. The van der Waals surface area contributed by atoms with E-state index in [0.29, 0.717) is 18.0 Å². The Bertz CT molecular complexity index is 787. The van der Waals surface area contributed by atoms with Gasteiger partial charge in [-0.2, -0.15) is 5.10 Å². The number of nitrogens with zero attached hydrogens (tertiary/aromatic N) is 2. The molecule has 0 bridgehead atoms. The molecule has 130 valence electrons. The first-order chi connectivity index (χ1) is 12.1. The minimum atomic E-state index is -0.213. The molecule has 1 atom stereocenters. The minimum Gasteiger partial charge on any atom is -0.493 e. The predicted molar refractivity (Wildman–Crippen MR) is 97.3 cm³/mol. The molecule has 3 rings (SSSR count). The van der Waals surface area contributed by atoms with Crippen molar-refractivity contribution in [1.82, 2.24) is 5.01 Å². The first-order valence-electron chi connectivity index (χ1n) is 8.30. The van der Waals surface area contributed by atoms with Crippen LogP contribution < -0.4 is 9.47 Å². The lowest BCUT2D eigenvalue weighted by atomic mass is 10.0. The van der Waals surface area contributed by atoms with Crippen molar-refractivity contribution in [3.63, 3.8) is 0 Å². The molecule has 0 aliphatic carbocycles. The first-order valence-corrected chi connectivity index (χ1v) is 8.30. The van der Waals surface area contributed by atoms with Gasteiger partial charge in [0.25, 0.3) is 0 Å². The van der Waals surface area contributed by atoms with Crippen molar-refractivity contribution in [1.29, 1.82) is 0 Å². The third-order valence-corrected chi connectivity index (χ3v) is 4.44. The number of hydrogen-bond acceptors (Lipinski definition) is 4. The highest BCUT2D eigenvalue weighted by atomic mass is 16.5. The molecule has 1 unspecified atom stereocenters. The molecule has 0 spiro atoms. The van der Waals surface area contributed by atoms with Gasteiger partial charge >= 0.3 is 0 Å². The fourth-order valence-corrected chi connectivity index (χ4v) is 2.94. The van der Waals surface area contributed by atoms with E-state index in [1.54, 1.807) is 19.2 Å². The van der Waals surface area contributed by atoms with Gasteiger partial charge in [0.1, 0.15) is 0 Å². The van der Waals surface area contributed by atoms with Crippen LogP contribution in [0.5, 0.6) is 11.5 Å². The Morgan fingerprint density at radius 2 is 1.80 bits per heavy atom. The van der Waals surface area contributed by atoms with Gasteiger partial charge in [-0.3, -0.25) is 4.79 Å². The van der Waals surface area contributed by atoms with Crippen molar-refractivity contribution in [3.8, 4) is 11.5 Å². The van der Waals surface area contributed by atoms with E-state index in [-0.39, 0.29) is 11.8 Å². The lowest BCUT2D eigenvalue weighted by Gasteiger charge is -2.17. The van der Waals surface area contributed by atoms with Crippen LogP contribution in [0.3, 0.4) is 0 Å². The lowest BCUT2D eigenvalue weighted by molar-refractivity contribution is -0.131. The Morgan fingerprint density at radius 3 is 2.48 bits per heavy atom. The number of carbonyl (C=O) groups excluding carboxylic acids is 1. The van der Waals surface area contributed by atoms with E-state index in [4.69, 9.17) is 9.47 Å². The van der Waals surface area contributed by atoms with Crippen LogP contribution in [-0.4, -0.2) is 37.4 Å². The highest BCUT2D eigenvalue weighted by molar-refractivity contribution is 6.03. The van der Waals surface area contributed by atoms with Gasteiger partial charge in [0.05, 0.1) is 32.4 Å². The summed E-state index contributed by atoms with van der Waals surface area (Å²) >= 11 is 0. The van der Waals surface area contributed by atoms with E-state index in [1.165, 1.54) is 0 Å². The van der Waals surface area contributed by atoms with Crippen molar-refractivity contribution in [3.05, 3.63) is 59.7 Å². The zero-order chi connectivity index (χ0) is 17.8. The van der Waals surface area contributed by atoms with Gasteiger partial charge in [0, 0.05) is 12.0 Å². The van der Waals surface area contributed by atoms with Crippen molar-refractivity contribution >= 4 is 11.6 Å². The van der Waals surface area contributed by atoms with Gasteiger partial charge in [-0.15, -0.1) is 0 Å². The number of hydrazone groups is 1. The van der Waals surface area contributed by atoms with Crippen molar-refractivity contribution in [2.75, 3.05) is 20.8 Å². The van der Waals surface area contributed by atoms with Crippen molar-refractivity contribution in [2.45, 2.75) is 19.3 Å². The van der Waals surface area contributed by atoms with Crippen LogP contribution in [0.2, 0.25) is 0 Å². The van der Waals surface area contributed by atoms with Crippen LogP contribution in [0.25, 0.3) is 0 Å². The Morgan fingerprint density at radius 1 is 1.08 bits per heavy atom. The van der Waals surface area contributed by atoms with Gasteiger partial charge < -0.3 is 9.47 Å². The van der Waals surface area contributed by atoms with Gasteiger partial charge in [-0.1, -0.05) is 30.3 Å². The molecule has 0 saturated carbocycles. The zero-order valence-electron chi connectivity index (χ0n) is 14.7. The van der Waals surface area contributed by atoms with E-state index in [2.05, 4.69) is 5.10 Å². The summed E-state index contributed by atoms with van der Waals surface area (Å²) in [5.74, 6) is 1.14. The molecule has 1 aliphatic rings. The average Bonchev–Trinajstić information content (AvgIpc) is 3.17. The molecule has 0 radical (unpaired) electrons. The van der Waals surface area contributed by atoms with Gasteiger partial charge in [0.2, 0.25) is 5.91 Å². The molecule has 0 aromatic heterocycles. The second-order valence-electron chi connectivity index (χ2n) is 5.96. The van der Waals surface area contributed by atoms with Crippen LogP contribution in [-0.2, 0) is 4.79 Å². The van der Waals surface area contributed by atoms with Gasteiger partial charge in [-0.05, 0) is 30.7 Å². The van der Waals surface area contributed by atoms with E-state index < -0.39 is 0 Å². The molecule has 2 aromatic carbocycles. The first kappa shape index (κ1) is 17.0. The maximum absolute atomic E-state index is 12.7. The topological polar surface area (TPSA) is 51.1 Å². The molecule has 5 nitrogen and oxygen atoms in total. The van der Waals surface area contributed by atoms with E-state index in [0.717, 1.165) is 23.3 Å². The fourth-order valence-electron chi connectivity index (χ4n) is 2.94. The number of amides is 1. The second kappa shape index (κ2) is 7.38. The van der Waals surface area contributed by atoms with Crippen LogP contribution in [0, 0.1) is 0 Å². The van der Waals surface area contributed by atoms with Crippen molar-refractivity contribution < 1.29 is 14.3 Å². The number of hydrogen-bond donors (Lipinski definition) is 0. The maximum Gasteiger partial charge on any atom is 0.249 e. The molecule has 5 heteroatoms. The molecule has 0 N–H and O–H groups in total. The summed E-state index contributed by atoms with van der Waals surface area (Å²) in [6.45, 7) is 2.52. The standard InChI is InChI=1S/C20H22N2O3/c1-14(15-7-5-4-6-8-15)20(23)22-12-11-17(21-22)16-9-10-18(24-2)19(13-16)25-3/h4-10,13-14H,11-12H2,1-3H3. The molecule has 1 aliphatic heterocycles. The highest BCUT2D eigenvalue weighted by Crippen LogP contribution is 2.29. The summed E-state index contributed by atoms with van der Waals surface area (Å²) in [6, 6.07) is 15.5. The molecule has 0 saturated heterocycles. The molecule has 0 fully saturated rings. The van der Waals surface area contributed by atoms with Crippen molar-refractivity contribution in [2.24, 2.45) is 5.10 Å². The van der Waals surface area contributed by atoms with E-state index in [1.807, 2.05) is 55.5 Å². The zero-order valence-corrected chi connectivity index (χ0v) is 14.7. The molecule has 1 amide bonds. The average molecular weight is 338 g/mol. The molecule has 1 heterocycles. The summed E-state index contributed by atoms with van der Waals surface area (Å²) in [7, 11) is 3.21. The summed E-state index contributed by atoms with van der Waals surface area (Å²) in [5, 5.41) is 6.11. The lowest BCUT2D eigenvalue weighted by Crippen LogP contribution is -2.27. The summed E-state index contributed by atoms with van der Waals surface area (Å²) in [6.07, 6.45) is 0.725. The predicted octanol–water partition coefficient (Wildman–Crippen LogP) is 3.44. The Hall–Kier alpha value is -2.82. The highest BCUT2D eigenvalue weighted by Gasteiger charge is 2.26. The number of benzene rings is 2. The number of methoxy groups -OCH3 is 2. The fraction of sp³-hybridized carbons (Fsp3) is 0.300. The van der Waals surface area contributed by atoms with Gasteiger partial charge in [0.15, 0.2) is 11.5 Å². The third-order valence-electron chi connectivity index (χ3n) is 4.44. The van der Waals surface area contributed by atoms with E-state index >= 15 is 0 Å². The monoisotopic (exact) mass is 338 g/mol. The second-order valence-corrected chi connectivity index (χ2v) is 5.96. The van der Waals surface area contributed by atoms with Crippen LogP contribution in [0.4, 0.5) is 0 Å². The summed E-state index contributed by atoms with van der Waals surface area (Å²) in [4.78, 5) is 12.7. The molecule has 25 heavy (non-hydrogen) atoms. The number of rotatable bonds is 5. The Kier molecular flexibility index (Phi) is 5.03. The number of carbonyl (C=O) groups is 1. The molecule has 2 aromatic rings. The molecular formula is C20H22N2O3. The third kappa shape index (κ3) is 3.50. The van der Waals surface area contributed by atoms with Gasteiger partial charge in [-0.25, -0.2) is 5.01 Å². The van der Waals surface area contributed by atoms with Crippen LogP contribution in [0.1, 0.15) is 30.4 Å². The molecular weight excluding hydrogens is 316 g/mol. The Labute approximate surface area is 147 Å². The van der Waals surface area contributed by atoms with Crippen LogP contribution in [0.15, 0.2) is 53.6 Å². The largest absolute Gasteiger partial charge is 0.493 e. The minimum absolute atomic E-state index is 0.0154. The summed E-state index contributed by atoms with van der Waals surface area (Å²) in [5.41, 5.74) is 2.83. The van der Waals surface area contributed by atoms with Crippen LogP contribution >= 0.6 is 0 Å². The summed E-state index contributed by atoms with van der Waals surface area (Å²) < 4.78 is 10.6. The smallest absolute Gasteiger partial charge is 0.249 e. The Balaban J connectivity index is 1.79. The number of ether oxygens (including phenoxy) is 2.